The van der Waals surface area contributed by atoms with Gasteiger partial charge >= 0.3 is 0 Å². The molecule has 144 valence electrons. The maximum Gasteiger partial charge on any atom is 0.166 e. The normalized spacial score (nSPS) is 11.9. The van der Waals surface area contributed by atoms with Crippen molar-refractivity contribution in [2.75, 3.05) is 14.1 Å². The van der Waals surface area contributed by atoms with Crippen molar-refractivity contribution in [1.29, 1.82) is 5.26 Å². The Morgan fingerprint density at radius 3 is 2.29 bits per heavy atom. The number of aryl methyl sites for hydroxylation is 1. The Labute approximate surface area is 169 Å². The van der Waals surface area contributed by atoms with E-state index in [2.05, 4.69) is 16.3 Å². The van der Waals surface area contributed by atoms with Crippen molar-refractivity contribution in [2.45, 2.75) is 0 Å². The lowest BCUT2D eigenvalue weighted by molar-refractivity contribution is 0.587. The van der Waals surface area contributed by atoms with Gasteiger partial charge < -0.3 is 4.90 Å². The number of rotatable bonds is 4. The maximum absolute atomic E-state index is 14.1. The number of nitrogens with zero attached hydrogens (tertiary/aromatic N) is 6. The molecule has 0 aliphatic heterocycles. The number of hydrogen-bond donors (Lipinski definition) is 0. The number of nitriles is 1. The maximum atomic E-state index is 14.1. The molecule has 0 atom stereocenters. The summed E-state index contributed by atoms with van der Waals surface area (Å²) in [5, 5.41) is 18.4. The minimum atomic E-state index is -0.751. The van der Waals surface area contributed by atoms with E-state index in [4.69, 9.17) is 23.2 Å². The van der Waals surface area contributed by atoms with Crippen LogP contribution in [0.1, 0.15) is 5.56 Å². The first kappa shape index (κ1) is 19.9. The Bertz CT molecular complexity index is 1100. The molecule has 0 amide bonds. The zero-order valence-electron chi connectivity index (χ0n) is 15.1. The van der Waals surface area contributed by atoms with Gasteiger partial charge in [-0.2, -0.15) is 15.5 Å². The molecule has 0 unspecified atom stereocenters. The zero-order chi connectivity index (χ0) is 20.6. The second-order valence-corrected chi connectivity index (χ2v) is 6.74. The lowest BCUT2D eigenvalue weighted by Gasteiger charge is -2.19. The summed E-state index contributed by atoms with van der Waals surface area (Å²) in [6.07, 6.45) is 1.43. The highest BCUT2D eigenvalue weighted by atomic mass is 35.5. The van der Waals surface area contributed by atoms with Gasteiger partial charge in [0, 0.05) is 27.3 Å². The predicted molar refractivity (Wildman–Crippen MR) is 103 cm³/mol. The standard InChI is InChI=1S/C18H14Cl2F2N6/c1-26(2)16(15-17(19)25-27(3)18(15)20)13(9-23)28-8-7-12(24-28)14-10(21)5-4-6-11(14)22/h4-8H,1-3H3. The van der Waals surface area contributed by atoms with Gasteiger partial charge in [0.2, 0.25) is 0 Å². The molecule has 0 aliphatic rings. The molecule has 0 radical (unpaired) electrons. The van der Waals surface area contributed by atoms with Crippen LogP contribution in [-0.2, 0) is 7.05 Å². The van der Waals surface area contributed by atoms with Gasteiger partial charge in [-0.05, 0) is 18.2 Å². The molecule has 0 aliphatic carbocycles. The second-order valence-electron chi connectivity index (χ2n) is 6.03. The van der Waals surface area contributed by atoms with Crippen LogP contribution >= 0.6 is 23.2 Å². The summed E-state index contributed by atoms with van der Waals surface area (Å²) in [6, 6.07) is 7.01. The molecule has 28 heavy (non-hydrogen) atoms. The Kier molecular flexibility index (Phi) is 5.40. The highest BCUT2D eigenvalue weighted by Crippen LogP contribution is 2.35. The lowest BCUT2D eigenvalue weighted by atomic mass is 10.1. The SMILES string of the molecule is CN(C)C(=C(C#N)n1ccc(-c2c(F)cccc2F)n1)c1c(Cl)nn(C)c1Cl. The van der Waals surface area contributed by atoms with Crippen molar-refractivity contribution in [2.24, 2.45) is 7.05 Å². The van der Waals surface area contributed by atoms with Gasteiger partial charge in [-0.3, -0.25) is 4.68 Å². The van der Waals surface area contributed by atoms with E-state index in [1.807, 2.05) is 0 Å². The molecule has 3 rings (SSSR count). The smallest absolute Gasteiger partial charge is 0.166 e. The van der Waals surface area contributed by atoms with Gasteiger partial charge in [-0.15, -0.1) is 0 Å². The van der Waals surface area contributed by atoms with Crippen LogP contribution in [0, 0.1) is 23.0 Å². The summed E-state index contributed by atoms with van der Waals surface area (Å²) < 4.78 is 30.7. The minimum absolute atomic E-state index is 0.0461. The molecule has 2 aromatic heterocycles. The van der Waals surface area contributed by atoms with Gasteiger partial charge in [0.15, 0.2) is 10.9 Å². The Hall–Kier alpha value is -2.89. The van der Waals surface area contributed by atoms with E-state index in [-0.39, 0.29) is 27.3 Å². The van der Waals surface area contributed by atoms with E-state index in [1.165, 1.54) is 27.7 Å². The van der Waals surface area contributed by atoms with Gasteiger partial charge in [0.1, 0.15) is 22.9 Å². The summed E-state index contributed by atoms with van der Waals surface area (Å²) >= 11 is 12.5. The highest BCUT2D eigenvalue weighted by Gasteiger charge is 2.24. The van der Waals surface area contributed by atoms with Crippen LogP contribution in [0.2, 0.25) is 10.3 Å². The highest BCUT2D eigenvalue weighted by molar-refractivity contribution is 6.37. The van der Waals surface area contributed by atoms with Crippen molar-refractivity contribution in [3.63, 3.8) is 0 Å². The topological polar surface area (TPSA) is 62.7 Å². The third kappa shape index (κ3) is 3.35. The van der Waals surface area contributed by atoms with Crippen LogP contribution in [0.4, 0.5) is 8.78 Å². The molecule has 10 heteroatoms. The minimum Gasteiger partial charge on any atom is -0.375 e. The molecule has 2 heterocycles. The van der Waals surface area contributed by atoms with Crippen molar-refractivity contribution >= 4 is 34.6 Å². The summed E-state index contributed by atoms with van der Waals surface area (Å²) in [5.41, 5.74) is 0.535. The number of benzene rings is 1. The van der Waals surface area contributed by atoms with E-state index in [1.54, 1.807) is 26.0 Å². The summed E-state index contributed by atoms with van der Waals surface area (Å²) in [4.78, 5) is 1.64. The van der Waals surface area contributed by atoms with Gasteiger partial charge in [0.05, 0.1) is 22.5 Å². The zero-order valence-corrected chi connectivity index (χ0v) is 16.6. The fourth-order valence-electron chi connectivity index (χ4n) is 2.76. The molecule has 0 saturated carbocycles. The predicted octanol–water partition coefficient (Wildman–Crippen LogP) is 4.28. The monoisotopic (exact) mass is 422 g/mol. The van der Waals surface area contributed by atoms with E-state index in [9.17, 15) is 14.0 Å². The molecule has 0 bridgehead atoms. The molecule has 0 saturated heterocycles. The molecule has 0 N–H and O–H groups in total. The van der Waals surface area contributed by atoms with Crippen molar-refractivity contribution in [3.05, 3.63) is 58.0 Å². The van der Waals surface area contributed by atoms with Gasteiger partial charge in [-0.25, -0.2) is 13.5 Å². The molecular weight excluding hydrogens is 409 g/mol. The van der Waals surface area contributed by atoms with Crippen LogP contribution in [0.3, 0.4) is 0 Å². The quantitative estimate of drug-likeness (QED) is 0.588. The molecule has 1 aromatic carbocycles. The van der Waals surface area contributed by atoms with Gasteiger partial charge in [-0.1, -0.05) is 29.3 Å². The van der Waals surface area contributed by atoms with Crippen molar-refractivity contribution in [3.8, 4) is 17.3 Å². The van der Waals surface area contributed by atoms with E-state index in [0.29, 0.717) is 11.3 Å². The summed E-state index contributed by atoms with van der Waals surface area (Å²) in [7, 11) is 5.02. The fourth-order valence-corrected chi connectivity index (χ4v) is 3.32. The van der Waals surface area contributed by atoms with E-state index >= 15 is 0 Å². The molecule has 0 spiro atoms. The number of hydrogen-bond acceptors (Lipinski definition) is 4. The molecule has 3 aromatic rings. The number of halogens is 4. The fraction of sp³-hybridized carbons (Fsp3) is 0.167. The summed E-state index contributed by atoms with van der Waals surface area (Å²) in [6.45, 7) is 0. The van der Waals surface area contributed by atoms with Crippen LogP contribution in [-0.4, -0.2) is 38.6 Å². The van der Waals surface area contributed by atoms with Crippen molar-refractivity contribution in [1.82, 2.24) is 24.5 Å². The third-order valence-corrected chi connectivity index (χ3v) is 4.68. The molecule has 6 nitrogen and oxygen atoms in total. The first-order valence-electron chi connectivity index (χ1n) is 7.96. The average Bonchev–Trinajstić information content (AvgIpc) is 3.18. The van der Waals surface area contributed by atoms with Crippen LogP contribution in [0.25, 0.3) is 22.7 Å². The Balaban J connectivity index is 2.22. The van der Waals surface area contributed by atoms with E-state index in [0.717, 1.165) is 12.1 Å². The number of allylic oxidation sites excluding steroid dienone is 1. The molecular formula is C18H14Cl2F2N6. The van der Waals surface area contributed by atoms with Crippen LogP contribution in [0.15, 0.2) is 30.5 Å². The van der Waals surface area contributed by atoms with Crippen LogP contribution in [0.5, 0.6) is 0 Å². The first-order valence-corrected chi connectivity index (χ1v) is 8.72. The third-order valence-electron chi connectivity index (χ3n) is 3.99. The van der Waals surface area contributed by atoms with Gasteiger partial charge in [0.25, 0.3) is 0 Å². The Morgan fingerprint density at radius 1 is 1.14 bits per heavy atom. The largest absolute Gasteiger partial charge is 0.375 e. The van der Waals surface area contributed by atoms with E-state index < -0.39 is 11.6 Å². The number of aromatic nitrogens is 4. The average molecular weight is 423 g/mol. The van der Waals surface area contributed by atoms with Crippen LogP contribution < -0.4 is 0 Å². The second kappa shape index (κ2) is 7.62. The Morgan fingerprint density at radius 2 is 1.79 bits per heavy atom. The first-order chi connectivity index (χ1) is 13.3. The summed E-state index contributed by atoms with van der Waals surface area (Å²) in [5.74, 6) is -1.50. The molecule has 0 fully saturated rings. The lowest BCUT2D eigenvalue weighted by Crippen LogP contribution is -2.15. The van der Waals surface area contributed by atoms with Crippen molar-refractivity contribution < 1.29 is 8.78 Å².